The Morgan fingerprint density at radius 3 is 2.50 bits per heavy atom. The fourth-order valence-electron chi connectivity index (χ4n) is 2.80. The molecule has 0 fully saturated rings. The first-order valence-electron chi connectivity index (χ1n) is 8.28. The third-order valence-electron chi connectivity index (χ3n) is 4.06. The van der Waals surface area contributed by atoms with E-state index in [1.807, 2.05) is 48.6 Å². The van der Waals surface area contributed by atoms with Crippen LogP contribution >= 0.6 is 0 Å². The Labute approximate surface area is 150 Å². The molecule has 0 saturated heterocycles. The van der Waals surface area contributed by atoms with Gasteiger partial charge in [-0.05, 0) is 30.3 Å². The topological polar surface area (TPSA) is 71.2 Å². The Morgan fingerprint density at radius 1 is 0.923 bits per heavy atom. The van der Waals surface area contributed by atoms with Gasteiger partial charge in [-0.2, -0.15) is 0 Å². The van der Waals surface area contributed by atoms with E-state index in [1.165, 1.54) is 0 Å². The van der Waals surface area contributed by atoms with Gasteiger partial charge in [-0.25, -0.2) is 9.67 Å². The number of aromatic hydroxyl groups is 1. The first kappa shape index (κ1) is 16.1. The van der Waals surface area contributed by atoms with Gasteiger partial charge >= 0.3 is 0 Å². The molecule has 1 aliphatic rings. The summed E-state index contributed by atoms with van der Waals surface area (Å²) in [7, 11) is 0. The first-order valence-corrected chi connectivity index (χ1v) is 8.28. The Balaban J connectivity index is 1.90. The molecule has 26 heavy (non-hydrogen) atoms. The zero-order chi connectivity index (χ0) is 17.9. The molecular weight excluding hydrogens is 326 g/mol. The van der Waals surface area contributed by atoms with E-state index >= 15 is 0 Å². The normalized spacial score (nSPS) is 16.3. The van der Waals surface area contributed by atoms with Crippen LogP contribution in [0.2, 0.25) is 0 Å². The van der Waals surface area contributed by atoms with E-state index in [-0.39, 0.29) is 5.75 Å². The molecule has 4 rings (SSSR count). The van der Waals surface area contributed by atoms with Crippen LogP contribution in [0.1, 0.15) is 5.82 Å². The summed E-state index contributed by atoms with van der Waals surface area (Å²) in [5.41, 5.74) is 2.14. The van der Waals surface area contributed by atoms with Gasteiger partial charge in [-0.15, -0.1) is 5.10 Å². The van der Waals surface area contributed by atoms with Gasteiger partial charge in [0.15, 0.2) is 11.6 Å². The van der Waals surface area contributed by atoms with Crippen molar-refractivity contribution in [2.24, 2.45) is 0 Å². The predicted octanol–water partition coefficient (Wildman–Crippen LogP) is 3.51. The highest BCUT2D eigenvalue weighted by Crippen LogP contribution is 2.30. The number of hydrogen-bond donors (Lipinski definition) is 2. The number of allylic oxidation sites excluding steroid dienone is 4. The monoisotopic (exact) mass is 343 g/mol. The smallest absolute Gasteiger partial charge is 0.181 e. The average molecular weight is 343 g/mol. The second-order valence-corrected chi connectivity index (χ2v) is 5.88. The van der Waals surface area contributed by atoms with Crippen LogP contribution in [0.15, 0.2) is 85.0 Å². The zero-order valence-corrected chi connectivity index (χ0v) is 13.9. The number of benzene rings is 2. The summed E-state index contributed by atoms with van der Waals surface area (Å²) in [6.45, 7) is 0. The molecule has 5 nitrogen and oxygen atoms in total. The van der Waals surface area contributed by atoms with Crippen LogP contribution in [0.4, 0.5) is 0 Å². The molecule has 0 spiro atoms. The maximum Gasteiger partial charge on any atom is 0.181 e. The summed E-state index contributed by atoms with van der Waals surface area (Å²) in [4.78, 5) is 4.65. The maximum absolute atomic E-state index is 10.3. The molecule has 0 aliphatic heterocycles. The Kier molecular flexibility index (Phi) is 4.21. The fraction of sp³-hybridized carbons (Fsp3) is 0.0476. The van der Waals surface area contributed by atoms with E-state index in [0.717, 1.165) is 5.69 Å². The van der Waals surface area contributed by atoms with Crippen molar-refractivity contribution in [1.82, 2.24) is 14.8 Å². The second kappa shape index (κ2) is 6.82. The van der Waals surface area contributed by atoms with E-state index in [0.29, 0.717) is 22.8 Å². The second-order valence-electron chi connectivity index (χ2n) is 5.88. The van der Waals surface area contributed by atoms with Gasteiger partial charge in [0.05, 0.1) is 17.4 Å². The molecule has 2 aromatic carbocycles. The Bertz CT molecular complexity index is 1020. The van der Waals surface area contributed by atoms with Crippen LogP contribution < -0.4 is 0 Å². The number of nitrogens with zero attached hydrogens (tertiary/aromatic N) is 3. The molecule has 0 amide bonds. The maximum atomic E-state index is 10.3. The van der Waals surface area contributed by atoms with Crippen molar-refractivity contribution in [3.05, 3.63) is 90.8 Å². The molecule has 1 aliphatic carbocycles. The molecule has 0 saturated carbocycles. The third kappa shape index (κ3) is 3.08. The lowest BCUT2D eigenvalue weighted by atomic mass is 10.1. The van der Waals surface area contributed by atoms with Crippen molar-refractivity contribution in [1.29, 1.82) is 0 Å². The SMILES string of the molecule is Oc1ccccc1-c1nc(C2=CC(O)C=CC=C2)nn1-c1ccccc1. The van der Waals surface area contributed by atoms with Crippen molar-refractivity contribution in [2.75, 3.05) is 0 Å². The molecule has 1 aromatic heterocycles. The van der Waals surface area contributed by atoms with E-state index in [4.69, 9.17) is 0 Å². The summed E-state index contributed by atoms with van der Waals surface area (Å²) < 4.78 is 1.70. The van der Waals surface area contributed by atoms with Gasteiger partial charge < -0.3 is 10.2 Å². The van der Waals surface area contributed by atoms with Crippen LogP contribution in [0.5, 0.6) is 5.75 Å². The number of aliphatic hydroxyl groups is 1. The summed E-state index contributed by atoms with van der Waals surface area (Å²) in [5, 5.41) is 24.9. The zero-order valence-electron chi connectivity index (χ0n) is 13.9. The van der Waals surface area contributed by atoms with Gasteiger partial charge in [-0.1, -0.05) is 54.6 Å². The minimum Gasteiger partial charge on any atom is -0.507 e. The number of para-hydroxylation sites is 2. The minimum absolute atomic E-state index is 0.135. The van der Waals surface area contributed by atoms with E-state index in [2.05, 4.69) is 10.1 Å². The number of aromatic nitrogens is 3. The summed E-state index contributed by atoms with van der Waals surface area (Å²) >= 11 is 0. The van der Waals surface area contributed by atoms with Gasteiger partial charge in [-0.3, -0.25) is 0 Å². The van der Waals surface area contributed by atoms with Crippen molar-refractivity contribution in [3.8, 4) is 22.8 Å². The number of phenols is 1. The van der Waals surface area contributed by atoms with E-state index < -0.39 is 6.10 Å². The standard InChI is InChI=1S/C21H17N3O2/c25-17-11-5-4-8-15(14-17)20-22-21(18-12-6-7-13-19(18)26)24(23-20)16-9-2-1-3-10-16/h1-14,17,25-26H. The molecule has 0 radical (unpaired) electrons. The first-order chi connectivity index (χ1) is 12.7. The van der Waals surface area contributed by atoms with Crippen LogP contribution in [0.3, 0.4) is 0 Å². The van der Waals surface area contributed by atoms with Crippen LogP contribution in [0, 0.1) is 0 Å². The summed E-state index contributed by atoms with van der Waals surface area (Å²) in [6, 6.07) is 16.7. The predicted molar refractivity (Wildman–Crippen MR) is 101 cm³/mol. The highest BCUT2D eigenvalue weighted by Gasteiger charge is 2.18. The van der Waals surface area contributed by atoms with Gasteiger partial charge in [0.1, 0.15) is 5.75 Å². The average Bonchev–Trinajstić information content (AvgIpc) is 2.99. The number of phenolic OH excluding ortho intramolecular Hbond substituents is 1. The molecule has 1 unspecified atom stereocenters. The molecule has 5 heteroatoms. The van der Waals surface area contributed by atoms with Crippen molar-refractivity contribution < 1.29 is 10.2 Å². The lowest BCUT2D eigenvalue weighted by Gasteiger charge is -2.06. The molecule has 1 atom stereocenters. The highest BCUT2D eigenvalue weighted by atomic mass is 16.3. The van der Waals surface area contributed by atoms with E-state index in [1.54, 1.807) is 41.1 Å². The molecule has 1 heterocycles. The largest absolute Gasteiger partial charge is 0.507 e. The number of hydrogen-bond acceptors (Lipinski definition) is 4. The lowest BCUT2D eigenvalue weighted by Crippen LogP contribution is -2.00. The molecule has 2 N–H and O–H groups in total. The summed E-state index contributed by atoms with van der Waals surface area (Å²) in [5.74, 6) is 1.15. The molecule has 0 bridgehead atoms. The minimum atomic E-state index is -0.697. The Morgan fingerprint density at radius 2 is 1.69 bits per heavy atom. The molecule has 3 aromatic rings. The van der Waals surface area contributed by atoms with Crippen LogP contribution in [-0.4, -0.2) is 31.1 Å². The van der Waals surface area contributed by atoms with Gasteiger partial charge in [0.2, 0.25) is 0 Å². The van der Waals surface area contributed by atoms with Crippen molar-refractivity contribution in [2.45, 2.75) is 6.10 Å². The Hall–Kier alpha value is -3.44. The molecule has 128 valence electrons. The third-order valence-corrected chi connectivity index (χ3v) is 4.06. The summed E-state index contributed by atoms with van der Waals surface area (Å²) in [6.07, 6.45) is 8.15. The van der Waals surface area contributed by atoms with Crippen LogP contribution in [0.25, 0.3) is 22.6 Å². The van der Waals surface area contributed by atoms with Crippen LogP contribution in [-0.2, 0) is 0 Å². The lowest BCUT2D eigenvalue weighted by molar-refractivity contribution is 0.272. The van der Waals surface area contributed by atoms with Crippen molar-refractivity contribution in [3.63, 3.8) is 0 Å². The van der Waals surface area contributed by atoms with Gasteiger partial charge in [0, 0.05) is 5.57 Å². The fourth-order valence-corrected chi connectivity index (χ4v) is 2.80. The quantitative estimate of drug-likeness (QED) is 0.763. The van der Waals surface area contributed by atoms with Crippen molar-refractivity contribution >= 4 is 5.57 Å². The number of aliphatic hydroxyl groups excluding tert-OH is 1. The van der Waals surface area contributed by atoms with Gasteiger partial charge in [0.25, 0.3) is 0 Å². The number of rotatable bonds is 3. The van der Waals surface area contributed by atoms with E-state index in [9.17, 15) is 10.2 Å². The highest BCUT2D eigenvalue weighted by molar-refractivity contribution is 5.74. The molecular formula is C21H17N3O2.